The average Bonchev–Trinajstić information content (AvgIpc) is 2.77. The molecule has 1 aliphatic heterocycles. The summed E-state index contributed by atoms with van der Waals surface area (Å²) >= 11 is 3.53. The van der Waals surface area contributed by atoms with Crippen molar-refractivity contribution in [3.05, 3.63) is 28.7 Å². The first-order chi connectivity index (χ1) is 8.58. The molecule has 1 saturated heterocycles. The van der Waals surface area contributed by atoms with Crippen molar-refractivity contribution in [2.24, 2.45) is 0 Å². The zero-order valence-corrected chi connectivity index (χ0v) is 11.9. The number of aliphatic hydroxyl groups is 1. The van der Waals surface area contributed by atoms with Gasteiger partial charge >= 0.3 is 0 Å². The summed E-state index contributed by atoms with van der Waals surface area (Å²) in [5.41, 5.74) is 1.14. The van der Waals surface area contributed by atoms with Gasteiger partial charge in [-0.05, 0) is 41.4 Å². The molecular weight excluding hydrogens is 296 g/mol. The predicted octanol–water partition coefficient (Wildman–Crippen LogP) is 1.52. The number of para-hydroxylation sites is 1. The van der Waals surface area contributed by atoms with Crippen molar-refractivity contribution in [2.75, 3.05) is 18.0 Å². The van der Waals surface area contributed by atoms with E-state index in [1.807, 2.05) is 18.2 Å². The number of nitrogens with one attached hydrogen (secondary N) is 1. The van der Waals surface area contributed by atoms with Gasteiger partial charge in [0.1, 0.15) is 6.10 Å². The maximum atomic E-state index is 11.4. The smallest absolute Gasteiger partial charge is 0.248 e. The van der Waals surface area contributed by atoms with Crippen LogP contribution < -0.4 is 10.2 Å². The van der Waals surface area contributed by atoms with Crippen LogP contribution in [-0.4, -0.2) is 36.2 Å². The number of benzene rings is 1. The van der Waals surface area contributed by atoms with Gasteiger partial charge < -0.3 is 15.3 Å². The Morgan fingerprint density at radius 1 is 1.56 bits per heavy atom. The van der Waals surface area contributed by atoms with Crippen LogP contribution >= 0.6 is 15.9 Å². The van der Waals surface area contributed by atoms with E-state index in [0.29, 0.717) is 0 Å². The Bertz CT molecular complexity index is 437. The number of carbonyl (C=O) groups is 1. The van der Waals surface area contributed by atoms with E-state index in [4.69, 9.17) is 0 Å². The Morgan fingerprint density at radius 2 is 2.28 bits per heavy atom. The number of nitrogens with zero attached hydrogens (tertiary/aromatic N) is 1. The third kappa shape index (κ3) is 3.03. The van der Waals surface area contributed by atoms with Crippen molar-refractivity contribution in [1.82, 2.24) is 5.32 Å². The summed E-state index contributed by atoms with van der Waals surface area (Å²) in [5, 5.41) is 12.0. The summed E-state index contributed by atoms with van der Waals surface area (Å²) in [6.07, 6.45) is -0.0395. The lowest BCUT2D eigenvalue weighted by Gasteiger charge is -2.20. The minimum atomic E-state index is -0.942. The summed E-state index contributed by atoms with van der Waals surface area (Å²) in [6.45, 7) is 3.17. The van der Waals surface area contributed by atoms with Crippen molar-refractivity contribution in [3.63, 3.8) is 0 Å². The molecule has 2 rings (SSSR count). The van der Waals surface area contributed by atoms with E-state index in [1.54, 1.807) is 0 Å². The Hall–Kier alpha value is -1.07. The molecular formula is C13H17BrN2O2. The first-order valence-electron chi connectivity index (χ1n) is 6.06. The minimum absolute atomic E-state index is 0.110. The van der Waals surface area contributed by atoms with Crippen LogP contribution in [-0.2, 0) is 4.79 Å². The fraction of sp³-hybridized carbons (Fsp3) is 0.462. The molecule has 1 heterocycles. The SMILES string of the molecule is C[C@@H](O)C(=O)N[C@@H]1CCN(c2ccccc2Br)C1. The number of carbonyl (C=O) groups excluding carboxylic acids is 1. The van der Waals surface area contributed by atoms with Crippen molar-refractivity contribution in [3.8, 4) is 0 Å². The number of rotatable bonds is 3. The van der Waals surface area contributed by atoms with Gasteiger partial charge in [0.15, 0.2) is 0 Å². The lowest BCUT2D eigenvalue weighted by molar-refractivity contribution is -0.129. The molecule has 0 aromatic heterocycles. The average molecular weight is 313 g/mol. The van der Waals surface area contributed by atoms with Crippen LogP contribution in [0.3, 0.4) is 0 Å². The van der Waals surface area contributed by atoms with Crippen LogP contribution in [0.2, 0.25) is 0 Å². The van der Waals surface area contributed by atoms with Crippen LogP contribution in [0.5, 0.6) is 0 Å². The van der Waals surface area contributed by atoms with Gasteiger partial charge in [0.2, 0.25) is 5.91 Å². The highest BCUT2D eigenvalue weighted by Crippen LogP contribution is 2.28. The standard InChI is InChI=1S/C13H17BrN2O2/c1-9(17)13(18)15-10-6-7-16(8-10)12-5-3-2-4-11(12)14/h2-5,9-10,17H,6-8H2,1H3,(H,15,18)/t9-,10-/m1/s1. The summed E-state index contributed by atoms with van der Waals surface area (Å²) in [4.78, 5) is 13.7. The second-order valence-corrected chi connectivity index (χ2v) is 5.42. The predicted molar refractivity (Wildman–Crippen MR) is 74.6 cm³/mol. The minimum Gasteiger partial charge on any atom is -0.384 e. The van der Waals surface area contributed by atoms with Crippen molar-refractivity contribution < 1.29 is 9.90 Å². The summed E-state index contributed by atoms with van der Waals surface area (Å²) in [5.74, 6) is -0.297. The third-order valence-corrected chi connectivity index (χ3v) is 3.78. The van der Waals surface area contributed by atoms with E-state index in [1.165, 1.54) is 6.92 Å². The van der Waals surface area contributed by atoms with Crippen LogP contribution in [0.4, 0.5) is 5.69 Å². The fourth-order valence-electron chi connectivity index (χ4n) is 2.13. The van der Waals surface area contributed by atoms with E-state index >= 15 is 0 Å². The molecule has 0 saturated carbocycles. The van der Waals surface area contributed by atoms with Gasteiger partial charge in [0, 0.05) is 23.6 Å². The molecule has 0 bridgehead atoms. The molecule has 1 fully saturated rings. The van der Waals surface area contributed by atoms with Gasteiger partial charge in [-0.25, -0.2) is 0 Å². The Balaban J connectivity index is 1.97. The Labute approximate surface area is 115 Å². The molecule has 98 valence electrons. The molecule has 1 amide bonds. The van der Waals surface area contributed by atoms with Gasteiger partial charge in [-0.15, -0.1) is 0 Å². The molecule has 4 nitrogen and oxygen atoms in total. The molecule has 5 heteroatoms. The maximum absolute atomic E-state index is 11.4. The number of aliphatic hydroxyl groups excluding tert-OH is 1. The van der Waals surface area contributed by atoms with E-state index in [9.17, 15) is 9.90 Å². The lowest BCUT2D eigenvalue weighted by atomic mass is 10.2. The highest BCUT2D eigenvalue weighted by Gasteiger charge is 2.25. The maximum Gasteiger partial charge on any atom is 0.248 e. The third-order valence-electron chi connectivity index (χ3n) is 3.11. The number of anilines is 1. The first kappa shape index (κ1) is 13.4. The van der Waals surface area contributed by atoms with Crippen molar-refractivity contribution in [1.29, 1.82) is 0 Å². The lowest BCUT2D eigenvalue weighted by Crippen LogP contribution is -2.41. The molecule has 0 unspecified atom stereocenters. The van der Waals surface area contributed by atoms with Gasteiger partial charge in [0.25, 0.3) is 0 Å². The Kier molecular flexibility index (Phi) is 4.24. The van der Waals surface area contributed by atoms with Gasteiger partial charge in [-0.2, -0.15) is 0 Å². The Morgan fingerprint density at radius 3 is 2.94 bits per heavy atom. The molecule has 2 N–H and O–H groups in total. The van der Waals surface area contributed by atoms with Crippen molar-refractivity contribution >= 4 is 27.5 Å². The van der Waals surface area contributed by atoms with Crippen LogP contribution in [0.15, 0.2) is 28.7 Å². The van der Waals surface area contributed by atoms with Crippen LogP contribution in [0, 0.1) is 0 Å². The van der Waals surface area contributed by atoms with E-state index in [0.717, 1.165) is 29.7 Å². The molecule has 0 spiro atoms. The van der Waals surface area contributed by atoms with Gasteiger partial charge in [0.05, 0.1) is 5.69 Å². The van der Waals surface area contributed by atoms with Crippen LogP contribution in [0.1, 0.15) is 13.3 Å². The molecule has 18 heavy (non-hydrogen) atoms. The summed E-state index contributed by atoms with van der Waals surface area (Å²) in [6, 6.07) is 8.16. The first-order valence-corrected chi connectivity index (χ1v) is 6.85. The molecule has 2 atom stereocenters. The molecule has 1 aromatic rings. The molecule has 0 aliphatic carbocycles. The topological polar surface area (TPSA) is 52.6 Å². The normalized spacial score (nSPS) is 20.8. The molecule has 0 radical (unpaired) electrons. The quantitative estimate of drug-likeness (QED) is 0.890. The zero-order valence-electron chi connectivity index (χ0n) is 10.3. The fourth-order valence-corrected chi connectivity index (χ4v) is 2.66. The number of amides is 1. The van der Waals surface area contributed by atoms with E-state index in [-0.39, 0.29) is 11.9 Å². The number of hydrogen-bond donors (Lipinski definition) is 2. The monoisotopic (exact) mass is 312 g/mol. The summed E-state index contributed by atoms with van der Waals surface area (Å²) < 4.78 is 1.06. The zero-order chi connectivity index (χ0) is 13.1. The second-order valence-electron chi connectivity index (χ2n) is 4.57. The van der Waals surface area contributed by atoms with E-state index in [2.05, 4.69) is 32.2 Å². The second kappa shape index (κ2) is 5.71. The largest absolute Gasteiger partial charge is 0.384 e. The van der Waals surface area contributed by atoms with E-state index < -0.39 is 6.10 Å². The highest BCUT2D eigenvalue weighted by atomic mass is 79.9. The van der Waals surface area contributed by atoms with Crippen LogP contribution in [0.25, 0.3) is 0 Å². The van der Waals surface area contributed by atoms with Gasteiger partial charge in [-0.1, -0.05) is 12.1 Å². The summed E-state index contributed by atoms with van der Waals surface area (Å²) in [7, 11) is 0. The number of hydrogen-bond acceptors (Lipinski definition) is 3. The van der Waals surface area contributed by atoms with Gasteiger partial charge in [-0.3, -0.25) is 4.79 Å². The van der Waals surface area contributed by atoms with Crippen molar-refractivity contribution in [2.45, 2.75) is 25.5 Å². The number of halogens is 1. The molecule has 1 aromatic carbocycles. The highest BCUT2D eigenvalue weighted by molar-refractivity contribution is 9.10. The molecule has 1 aliphatic rings.